The van der Waals surface area contributed by atoms with E-state index in [0.717, 1.165) is 38.4 Å². The Kier molecular flexibility index (Phi) is 5.38. The maximum atomic E-state index is 12.0. The van der Waals surface area contributed by atoms with Gasteiger partial charge in [0.05, 0.1) is 12.3 Å². The number of nitrogen functional groups attached to an aromatic ring is 1. The topological polar surface area (TPSA) is 71.7 Å². The van der Waals surface area contributed by atoms with E-state index in [9.17, 15) is 4.79 Å². The van der Waals surface area contributed by atoms with Crippen LogP contribution in [-0.2, 0) is 9.53 Å². The number of esters is 1. The molecule has 0 saturated carbocycles. The van der Waals surface area contributed by atoms with Gasteiger partial charge in [-0.05, 0) is 25.5 Å². The van der Waals surface area contributed by atoms with Crippen LogP contribution in [-0.4, -0.2) is 54.7 Å². The molecule has 0 amide bonds. The second-order valence-corrected chi connectivity index (χ2v) is 5.12. The van der Waals surface area contributed by atoms with Crippen LogP contribution in [0.4, 0.5) is 11.5 Å². The van der Waals surface area contributed by atoms with Crippen LogP contribution in [0.1, 0.15) is 20.3 Å². The van der Waals surface area contributed by atoms with Crippen LogP contribution in [0.15, 0.2) is 18.3 Å². The minimum Gasteiger partial charge on any atom is -0.465 e. The van der Waals surface area contributed by atoms with Crippen molar-refractivity contribution in [3.63, 3.8) is 0 Å². The predicted octanol–water partition coefficient (Wildman–Crippen LogP) is 1.13. The van der Waals surface area contributed by atoms with E-state index < -0.39 is 0 Å². The average molecular weight is 292 g/mol. The summed E-state index contributed by atoms with van der Waals surface area (Å²) in [7, 11) is 0. The Bertz CT molecular complexity index is 472. The summed E-state index contributed by atoms with van der Waals surface area (Å²) in [4.78, 5) is 20.7. The highest BCUT2D eigenvalue weighted by Crippen LogP contribution is 2.21. The van der Waals surface area contributed by atoms with Crippen molar-refractivity contribution < 1.29 is 9.53 Å². The van der Waals surface area contributed by atoms with E-state index in [2.05, 4.69) is 14.8 Å². The second kappa shape index (κ2) is 7.26. The molecular formula is C15H24N4O2. The Morgan fingerprint density at radius 2 is 2.10 bits per heavy atom. The zero-order chi connectivity index (χ0) is 15.2. The maximum Gasteiger partial charge on any atom is 0.323 e. The molecule has 21 heavy (non-hydrogen) atoms. The quantitative estimate of drug-likeness (QED) is 0.820. The van der Waals surface area contributed by atoms with Gasteiger partial charge in [-0.3, -0.25) is 9.69 Å². The Morgan fingerprint density at radius 1 is 1.38 bits per heavy atom. The van der Waals surface area contributed by atoms with Gasteiger partial charge in [-0.25, -0.2) is 4.98 Å². The fourth-order valence-corrected chi connectivity index (χ4v) is 2.73. The van der Waals surface area contributed by atoms with Crippen LogP contribution in [0.5, 0.6) is 0 Å². The number of rotatable bonds is 5. The zero-order valence-electron chi connectivity index (χ0n) is 12.8. The van der Waals surface area contributed by atoms with Crippen molar-refractivity contribution in [3.05, 3.63) is 18.3 Å². The summed E-state index contributed by atoms with van der Waals surface area (Å²) < 4.78 is 5.15. The molecule has 1 atom stereocenters. The molecule has 0 spiro atoms. The lowest BCUT2D eigenvalue weighted by molar-refractivity contribution is -0.149. The van der Waals surface area contributed by atoms with Gasteiger partial charge in [0, 0.05) is 32.4 Å². The lowest BCUT2D eigenvalue weighted by Crippen LogP contribution is -2.53. The lowest BCUT2D eigenvalue weighted by atomic mass is 10.1. The number of ether oxygens (including phenoxy) is 1. The molecule has 1 aromatic rings. The Labute approximate surface area is 125 Å². The molecule has 6 nitrogen and oxygen atoms in total. The van der Waals surface area contributed by atoms with E-state index in [1.54, 1.807) is 6.20 Å². The van der Waals surface area contributed by atoms with Gasteiger partial charge in [0.1, 0.15) is 6.04 Å². The number of carbonyl (C=O) groups is 1. The third kappa shape index (κ3) is 3.64. The number of carbonyl (C=O) groups excluding carboxylic acids is 1. The molecule has 1 unspecified atom stereocenters. The van der Waals surface area contributed by atoms with Crippen molar-refractivity contribution in [2.45, 2.75) is 26.3 Å². The van der Waals surface area contributed by atoms with Crippen LogP contribution >= 0.6 is 0 Å². The molecule has 2 heterocycles. The molecule has 0 aliphatic carbocycles. The lowest BCUT2D eigenvalue weighted by Gasteiger charge is -2.38. The van der Waals surface area contributed by atoms with Crippen molar-refractivity contribution in [1.29, 1.82) is 0 Å². The number of hydrogen-bond acceptors (Lipinski definition) is 6. The summed E-state index contributed by atoms with van der Waals surface area (Å²) >= 11 is 0. The summed E-state index contributed by atoms with van der Waals surface area (Å²) in [5, 5.41) is 0. The van der Waals surface area contributed by atoms with E-state index in [4.69, 9.17) is 10.5 Å². The Morgan fingerprint density at radius 3 is 2.67 bits per heavy atom. The number of hydrogen-bond donors (Lipinski definition) is 1. The minimum absolute atomic E-state index is 0.120. The van der Waals surface area contributed by atoms with Crippen molar-refractivity contribution in [2.75, 3.05) is 43.4 Å². The van der Waals surface area contributed by atoms with E-state index in [-0.39, 0.29) is 12.0 Å². The Balaban J connectivity index is 1.96. The molecular weight excluding hydrogens is 268 g/mol. The van der Waals surface area contributed by atoms with Crippen molar-refractivity contribution in [3.8, 4) is 0 Å². The van der Waals surface area contributed by atoms with Crippen LogP contribution in [0, 0.1) is 0 Å². The molecule has 2 N–H and O–H groups in total. The number of piperazine rings is 1. The van der Waals surface area contributed by atoms with Gasteiger partial charge in [0.15, 0.2) is 5.82 Å². The van der Waals surface area contributed by atoms with Crippen molar-refractivity contribution >= 4 is 17.5 Å². The first-order valence-electron chi connectivity index (χ1n) is 7.53. The van der Waals surface area contributed by atoms with Gasteiger partial charge in [-0.1, -0.05) is 6.92 Å². The fraction of sp³-hybridized carbons (Fsp3) is 0.600. The van der Waals surface area contributed by atoms with Crippen LogP contribution in [0.25, 0.3) is 0 Å². The third-order valence-corrected chi connectivity index (χ3v) is 3.82. The standard InChI is InChI=1S/C15H24N4O2/c1-3-13(15(20)21-4-2)18-8-10-19(11-9-18)14-12(16)6-5-7-17-14/h5-7,13H,3-4,8-11,16H2,1-2H3. The predicted molar refractivity (Wildman–Crippen MR) is 83.1 cm³/mol. The first-order chi connectivity index (χ1) is 10.2. The summed E-state index contributed by atoms with van der Waals surface area (Å²) in [5.74, 6) is 0.715. The highest BCUT2D eigenvalue weighted by molar-refractivity contribution is 5.75. The van der Waals surface area contributed by atoms with Crippen LogP contribution in [0.2, 0.25) is 0 Å². The number of nitrogens with two attached hydrogens (primary N) is 1. The van der Waals surface area contributed by atoms with Crippen molar-refractivity contribution in [1.82, 2.24) is 9.88 Å². The first kappa shape index (κ1) is 15.6. The molecule has 0 bridgehead atoms. The number of nitrogens with zero attached hydrogens (tertiary/aromatic N) is 3. The largest absolute Gasteiger partial charge is 0.465 e. The summed E-state index contributed by atoms with van der Waals surface area (Å²) in [5.41, 5.74) is 6.67. The number of anilines is 2. The molecule has 1 aromatic heterocycles. The Hall–Kier alpha value is -1.82. The first-order valence-corrected chi connectivity index (χ1v) is 7.53. The maximum absolute atomic E-state index is 12.0. The fourth-order valence-electron chi connectivity index (χ4n) is 2.73. The summed E-state index contributed by atoms with van der Waals surface area (Å²) in [6.07, 6.45) is 2.52. The van der Waals surface area contributed by atoms with Crippen LogP contribution < -0.4 is 10.6 Å². The van der Waals surface area contributed by atoms with Gasteiger partial charge in [-0.2, -0.15) is 0 Å². The number of aromatic nitrogens is 1. The van der Waals surface area contributed by atoms with Gasteiger partial charge >= 0.3 is 5.97 Å². The van der Waals surface area contributed by atoms with Gasteiger partial charge < -0.3 is 15.4 Å². The van der Waals surface area contributed by atoms with E-state index in [0.29, 0.717) is 12.3 Å². The van der Waals surface area contributed by atoms with E-state index in [1.165, 1.54) is 0 Å². The molecule has 1 fully saturated rings. The smallest absolute Gasteiger partial charge is 0.323 e. The molecule has 1 aliphatic rings. The van der Waals surface area contributed by atoms with Crippen molar-refractivity contribution in [2.24, 2.45) is 0 Å². The second-order valence-electron chi connectivity index (χ2n) is 5.12. The molecule has 0 radical (unpaired) electrons. The molecule has 1 saturated heterocycles. The normalized spacial score (nSPS) is 17.5. The number of pyridine rings is 1. The SMILES string of the molecule is CCOC(=O)C(CC)N1CCN(c2ncccc2N)CC1. The van der Waals surface area contributed by atoms with Gasteiger partial charge in [0.25, 0.3) is 0 Å². The van der Waals surface area contributed by atoms with Gasteiger partial charge in [0.2, 0.25) is 0 Å². The summed E-state index contributed by atoms with van der Waals surface area (Å²) in [6, 6.07) is 3.55. The third-order valence-electron chi connectivity index (χ3n) is 3.82. The molecule has 0 aromatic carbocycles. The molecule has 1 aliphatic heterocycles. The molecule has 2 rings (SSSR count). The highest BCUT2D eigenvalue weighted by Gasteiger charge is 2.29. The summed E-state index contributed by atoms with van der Waals surface area (Å²) in [6.45, 7) is 7.55. The van der Waals surface area contributed by atoms with Gasteiger partial charge in [-0.15, -0.1) is 0 Å². The minimum atomic E-state index is -0.145. The monoisotopic (exact) mass is 292 g/mol. The highest BCUT2D eigenvalue weighted by atomic mass is 16.5. The van der Waals surface area contributed by atoms with Crippen LogP contribution in [0.3, 0.4) is 0 Å². The van der Waals surface area contributed by atoms with E-state index >= 15 is 0 Å². The molecule has 6 heteroatoms. The van der Waals surface area contributed by atoms with E-state index in [1.807, 2.05) is 26.0 Å². The molecule has 116 valence electrons. The zero-order valence-corrected chi connectivity index (χ0v) is 12.8. The average Bonchev–Trinajstić information content (AvgIpc) is 2.50.